The number of nitrogens with two attached hydrogens (primary N) is 1. The monoisotopic (exact) mass is 409 g/mol. The summed E-state index contributed by atoms with van der Waals surface area (Å²) < 4.78 is 6.33. The molecule has 0 atom stereocenters. The van der Waals surface area contributed by atoms with Crippen LogP contribution in [0.4, 0.5) is 11.5 Å². The van der Waals surface area contributed by atoms with Gasteiger partial charge in [-0.15, -0.1) is 0 Å². The fourth-order valence-corrected chi connectivity index (χ4v) is 3.01. The molecule has 9 heteroatoms. The summed E-state index contributed by atoms with van der Waals surface area (Å²) in [6.07, 6.45) is 1.43. The van der Waals surface area contributed by atoms with E-state index in [0.29, 0.717) is 0 Å². The molecule has 0 unspecified atom stereocenters. The van der Waals surface area contributed by atoms with Gasteiger partial charge in [-0.05, 0) is 24.6 Å². The maximum atomic E-state index is 13.2. The number of pyridine rings is 1. The number of amides is 1. The lowest BCUT2D eigenvalue weighted by molar-refractivity contribution is 0.0975. The maximum absolute atomic E-state index is 13.2. The molecule has 2 heterocycles. The molecule has 3 rings (SSSR count). The number of nitrogen functional groups attached to an aromatic ring is 1. The van der Waals surface area contributed by atoms with E-state index in [9.17, 15) is 14.4 Å². The van der Waals surface area contributed by atoms with E-state index in [-0.39, 0.29) is 36.8 Å². The summed E-state index contributed by atoms with van der Waals surface area (Å²) >= 11 is 0. The summed E-state index contributed by atoms with van der Waals surface area (Å²) in [6.45, 7) is 2.19. The average molecular weight is 409 g/mol. The third-order valence-corrected chi connectivity index (χ3v) is 4.59. The number of benzene rings is 1. The van der Waals surface area contributed by atoms with E-state index in [2.05, 4.69) is 9.97 Å². The van der Waals surface area contributed by atoms with Gasteiger partial charge in [-0.2, -0.15) is 0 Å². The lowest BCUT2D eigenvalue weighted by Gasteiger charge is -2.24. The Morgan fingerprint density at radius 3 is 2.57 bits per heavy atom. The highest BCUT2D eigenvalue weighted by Crippen LogP contribution is 2.20. The number of hydrogen-bond acceptors (Lipinski definition) is 6. The number of nitrogens with zero attached hydrogens (tertiary/aromatic N) is 3. The Morgan fingerprint density at radius 1 is 1.20 bits per heavy atom. The molecule has 0 aliphatic heterocycles. The quantitative estimate of drug-likeness (QED) is 0.604. The molecule has 9 nitrogen and oxygen atoms in total. The first-order valence-electron chi connectivity index (χ1n) is 9.32. The van der Waals surface area contributed by atoms with Gasteiger partial charge in [0.05, 0.1) is 18.7 Å². The van der Waals surface area contributed by atoms with E-state index in [4.69, 9.17) is 10.5 Å². The molecule has 0 aliphatic rings. The van der Waals surface area contributed by atoms with E-state index < -0.39 is 17.2 Å². The average Bonchev–Trinajstić information content (AvgIpc) is 2.74. The second-order valence-electron chi connectivity index (χ2n) is 6.70. The zero-order chi connectivity index (χ0) is 21.7. The fourth-order valence-electron chi connectivity index (χ4n) is 3.01. The number of H-pyrrole nitrogens is 1. The summed E-state index contributed by atoms with van der Waals surface area (Å²) in [5.74, 6) is -0.571. The van der Waals surface area contributed by atoms with Gasteiger partial charge in [0.15, 0.2) is 5.69 Å². The molecule has 0 saturated carbocycles. The van der Waals surface area contributed by atoms with Crippen LogP contribution in [0.2, 0.25) is 0 Å². The molecule has 30 heavy (non-hydrogen) atoms. The zero-order valence-corrected chi connectivity index (χ0v) is 16.8. The van der Waals surface area contributed by atoms with Crippen LogP contribution in [0.1, 0.15) is 21.6 Å². The minimum Gasteiger partial charge on any atom is -0.383 e. The summed E-state index contributed by atoms with van der Waals surface area (Å²) in [5.41, 5.74) is 6.60. The smallest absolute Gasteiger partial charge is 0.330 e. The third-order valence-electron chi connectivity index (χ3n) is 4.59. The summed E-state index contributed by atoms with van der Waals surface area (Å²) in [5, 5.41) is 0. The zero-order valence-electron chi connectivity index (χ0n) is 16.8. The van der Waals surface area contributed by atoms with Crippen LogP contribution in [-0.4, -0.2) is 40.7 Å². The van der Waals surface area contributed by atoms with Gasteiger partial charge in [-0.1, -0.05) is 30.3 Å². The molecule has 0 aliphatic carbocycles. The van der Waals surface area contributed by atoms with E-state index >= 15 is 0 Å². The Labute approximate surface area is 172 Å². The largest absolute Gasteiger partial charge is 0.383 e. The summed E-state index contributed by atoms with van der Waals surface area (Å²) in [6, 6.07) is 12.5. The van der Waals surface area contributed by atoms with Crippen LogP contribution in [-0.2, 0) is 11.3 Å². The van der Waals surface area contributed by atoms with Crippen molar-refractivity contribution in [2.45, 2.75) is 13.5 Å². The summed E-state index contributed by atoms with van der Waals surface area (Å²) in [4.78, 5) is 45.9. The van der Waals surface area contributed by atoms with Gasteiger partial charge >= 0.3 is 5.69 Å². The highest BCUT2D eigenvalue weighted by molar-refractivity contribution is 6.07. The number of aromatic nitrogens is 3. The Balaban J connectivity index is 2.09. The second kappa shape index (κ2) is 9.19. The number of aryl methyl sites for hydroxylation is 1. The van der Waals surface area contributed by atoms with Gasteiger partial charge in [0.2, 0.25) is 0 Å². The lowest BCUT2D eigenvalue weighted by atomic mass is 10.2. The molecule has 3 aromatic rings. The Morgan fingerprint density at radius 2 is 1.93 bits per heavy atom. The van der Waals surface area contributed by atoms with Crippen LogP contribution >= 0.6 is 0 Å². The Bertz CT molecular complexity index is 1140. The molecule has 0 radical (unpaired) electrons. The molecule has 1 aromatic carbocycles. The van der Waals surface area contributed by atoms with Gasteiger partial charge in [-0.25, -0.2) is 4.79 Å². The SMILES string of the molecule is COCCN(C(=O)c1ccc(C)nc1)c1c(N)n(Cc2ccccc2)c(=O)[nH]c1=O. The van der Waals surface area contributed by atoms with E-state index in [1.54, 1.807) is 19.1 Å². The molecular formula is C21H23N5O4. The normalized spacial score (nSPS) is 10.7. The topological polar surface area (TPSA) is 123 Å². The number of ether oxygens (including phenoxy) is 1. The van der Waals surface area contributed by atoms with E-state index in [1.165, 1.54) is 22.8 Å². The highest BCUT2D eigenvalue weighted by Gasteiger charge is 2.25. The van der Waals surface area contributed by atoms with Gasteiger partial charge in [0, 0.05) is 25.5 Å². The minimum atomic E-state index is -0.744. The number of aromatic amines is 1. The van der Waals surface area contributed by atoms with Crippen LogP contribution in [0.5, 0.6) is 0 Å². The van der Waals surface area contributed by atoms with Crippen LogP contribution < -0.4 is 21.9 Å². The molecule has 156 valence electrons. The molecule has 2 aromatic heterocycles. The first-order valence-corrected chi connectivity index (χ1v) is 9.32. The van der Waals surface area contributed by atoms with Crippen molar-refractivity contribution in [3.05, 3.63) is 86.3 Å². The van der Waals surface area contributed by atoms with Crippen molar-refractivity contribution >= 4 is 17.4 Å². The molecular weight excluding hydrogens is 386 g/mol. The van der Waals surface area contributed by atoms with E-state index in [1.807, 2.05) is 30.3 Å². The molecule has 1 amide bonds. The first-order chi connectivity index (χ1) is 14.4. The van der Waals surface area contributed by atoms with Crippen molar-refractivity contribution in [1.82, 2.24) is 14.5 Å². The van der Waals surface area contributed by atoms with E-state index in [0.717, 1.165) is 11.3 Å². The first kappa shape index (κ1) is 21.0. The van der Waals surface area contributed by atoms with Crippen molar-refractivity contribution in [2.24, 2.45) is 0 Å². The van der Waals surface area contributed by atoms with Crippen molar-refractivity contribution in [1.29, 1.82) is 0 Å². The van der Waals surface area contributed by atoms with Crippen LogP contribution in [0, 0.1) is 6.92 Å². The fraction of sp³-hybridized carbons (Fsp3) is 0.238. The number of hydrogen-bond donors (Lipinski definition) is 2. The molecule has 0 spiro atoms. The van der Waals surface area contributed by atoms with Gasteiger partial charge in [-0.3, -0.25) is 29.0 Å². The maximum Gasteiger partial charge on any atom is 0.330 e. The second-order valence-corrected chi connectivity index (χ2v) is 6.70. The van der Waals surface area contributed by atoms with Gasteiger partial charge < -0.3 is 10.5 Å². The number of rotatable bonds is 7. The Hall–Kier alpha value is -3.72. The predicted molar refractivity (Wildman–Crippen MR) is 114 cm³/mol. The number of anilines is 2. The van der Waals surface area contributed by atoms with Crippen LogP contribution in [0.15, 0.2) is 58.3 Å². The van der Waals surface area contributed by atoms with Crippen molar-refractivity contribution in [2.75, 3.05) is 30.9 Å². The molecule has 0 fully saturated rings. The number of nitrogens with one attached hydrogen (secondary N) is 1. The number of methoxy groups -OCH3 is 1. The van der Waals surface area contributed by atoms with Crippen LogP contribution in [0.25, 0.3) is 0 Å². The minimum absolute atomic E-state index is 0.0695. The van der Waals surface area contributed by atoms with Gasteiger partial charge in [0.1, 0.15) is 5.82 Å². The third kappa shape index (κ3) is 4.47. The molecule has 0 bridgehead atoms. The molecule has 0 saturated heterocycles. The Kier molecular flexibility index (Phi) is 6.43. The molecule has 3 N–H and O–H groups in total. The van der Waals surface area contributed by atoms with Crippen molar-refractivity contribution in [3.63, 3.8) is 0 Å². The standard InChI is InChI=1S/C21H23N5O4/c1-14-8-9-16(12-23-14)20(28)25(10-11-30-2)17-18(22)26(21(29)24-19(17)27)13-15-6-4-3-5-7-15/h3-9,12H,10-11,13,22H2,1-2H3,(H,24,27,29). The number of carbonyl (C=O) groups excluding carboxylic acids is 1. The van der Waals surface area contributed by atoms with Crippen molar-refractivity contribution < 1.29 is 9.53 Å². The van der Waals surface area contributed by atoms with Crippen molar-refractivity contribution in [3.8, 4) is 0 Å². The number of carbonyl (C=O) groups is 1. The summed E-state index contributed by atoms with van der Waals surface area (Å²) in [7, 11) is 1.49. The lowest BCUT2D eigenvalue weighted by Crippen LogP contribution is -2.42. The van der Waals surface area contributed by atoms with Gasteiger partial charge in [0.25, 0.3) is 11.5 Å². The van der Waals surface area contributed by atoms with Crippen LogP contribution in [0.3, 0.4) is 0 Å². The predicted octanol–water partition coefficient (Wildman–Crippen LogP) is 1.16. The highest BCUT2D eigenvalue weighted by atomic mass is 16.5.